The molecule has 0 amide bonds. The number of rotatable bonds is 5. The van der Waals surface area contributed by atoms with Crippen LogP contribution in [0.5, 0.6) is 5.75 Å². The molecule has 0 aromatic heterocycles. The minimum absolute atomic E-state index is 0.520. The van der Waals surface area contributed by atoms with Gasteiger partial charge in [-0.1, -0.05) is 18.2 Å². The van der Waals surface area contributed by atoms with E-state index in [4.69, 9.17) is 4.74 Å². The minimum atomic E-state index is -0.693. The fraction of sp³-hybridized carbons (Fsp3) is 0.429. The van der Waals surface area contributed by atoms with Crippen molar-refractivity contribution < 1.29 is 9.84 Å². The molecule has 2 nitrogen and oxygen atoms in total. The Bertz CT molecular complexity index is 694. The van der Waals surface area contributed by atoms with Crippen LogP contribution >= 0.6 is 0 Å². The van der Waals surface area contributed by atoms with Crippen LogP contribution in [0.1, 0.15) is 42.5 Å². The van der Waals surface area contributed by atoms with Gasteiger partial charge in [-0.3, -0.25) is 0 Å². The van der Waals surface area contributed by atoms with Gasteiger partial charge in [0.25, 0.3) is 0 Å². The molecule has 23 heavy (non-hydrogen) atoms. The third kappa shape index (κ3) is 4.35. The van der Waals surface area contributed by atoms with Crippen LogP contribution in [-0.4, -0.2) is 17.3 Å². The molecular formula is C21H28O2. The molecule has 2 aromatic carbocycles. The average Bonchev–Trinajstić information content (AvgIpc) is 2.44. The highest BCUT2D eigenvalue weighted by Crippen LogP contribution is 2.33. The smallest absolute Gasteiger partial charge is 0.122 e. The van der Waals surface area contributed by atoms with Crippen molar-refractivity contribution in [1.29, 1.82) is 0 Å². The molecule has 0 saturated heterocycles. The van der Waals surface area contributed by atoms with Crippen LogP contribution in [0.3, 0.4) is 0 Å². The Labute approximate surface area is 140 Å². The van der Waals surface area contributed by atoms with Crippen LogP contribution in [0.4, 0.5) is 0 Å². The van der Waals surface area contributed by atoms with Gasteiger partial charge in [-0.25, -0.2) is 0 Å². The first-order chi connectivity index (χ1) is 10.7. The lowest BCUT2D eigenvalue weighted by Gasteiger charge is -2.19. The summed E-state index contributed by atoms with van der Waals surface area (Å²) in [4.78, 5) is 0. The minimum Gasteiger partial charge on any atom is -0.493 e. The van der Waals surface area contributed by atoms with E-state index in [0.29, 0.717) is 13.0 Å². The number of aliphatic hydroxyl groups is 1. The molecule has 0 atom stereocenters. The van der Waals surface area contributed by atoms with Crippen LogP contribution < -0.4 is 4.74 Å². The summed E-state index contributed by atoms with van der Waals surface area (Å²) in [6.07, 6.45) is 0.615. The molecule has 0 saturated carbocycles. The lowest BCUT2D eigenvalue weighted by molar-refractivity contribution is 0.0552. The first-order valence-corrected chi connectivity index (χ1v) is 8.22. The number of hydrogen-bond donors (Lipinski definition) is 1. The van der Waals surface area contributed by atoms with Crippen molar-refractivity contribution in [2.45, 2.75) is 53.6 Å². The molecular weight excluding hydrogens is 284 g/mol. The summed E-state index contributed by atoms with van der Waals surface area (Å²) in [7, 11) is 0. The van der Waals surface area contributed by atoms with Gasteiger partial charge in [0.15, 0.2) is 0 Å². The summed E-state index contributed by atoms with van der Waals surface area (Å²) < 4.78 is 5.88. The fourth-order valence-electron chi connectivity index (χ4n) is 2.69. The van der Waals surface area contributed by atoms with Crippen LogP contribution in [0.25, 0.3) is 11.1 Å². The molecule has 0 spiro atoms. The Morgan fingerprint density at radius 3 is 2.26 bits per heavy atom. The Kier molecular flexibility index (Phi) is 5.16. The highest BCUT2D eigenvalue weighted by molar-refractivity contribution is 5.73. The number of aryl methyl sites for hydroxylation is 3. The molecule has 1 N–H and O–H groups in total. The quantitative estimate of drug-likeness (QED) is 0.829. The van der Waals surface area contributed by atoms with E-state index in [0.717, 1.165) is 11.3 Å². The van der Waals surface area contributed by atoms with E-state index in [9.17, 15) is 5.11 Å². The van der Waals surface area contributed by atoms with Gasteiger partial charge in [-0.15, -0.1) is 0 Å². The van der Waals surface area contributed by atoms with Crippen molar-refractivity contribution >= 4 is 0 Å². The second kappa shape index (κ2) is 6.76. The molecule has 0 aliphatic heterocycles. The van der Waals surface area contributed by atoms with Gasteiger partial charge in [-0.2, -0.15) is 0 Å². The van der Waals surface area contributed by atoms with Crippen LogP contribution in [-0.2, 0) is 0 Å². The predicted molar refractivity (Wildman–Crippen MR) is 97.2 cm³/mol. The maximum Gasteiger partial charge on any atom is 0.122 e. The van der Waals surface area contributed by atoms with Gasteiger partial charge < -0.3 is 9.84 Å². The third-order valence-corrected chi connectivity index (χ3v) is 4.39. The van der Waals surface area contributed by atoms with E-state index in [1.807, 2.05) is 0 Å². The molecule has 0 unspecified atom stereocenters. The van der Waals surface area contributed by atoms with Gasteiger partial charge >= 0.3 is 0 Å². The van der Waals surface area contributed by atoms with Crippen LogP contribution in [0.15, 0.2) is 30.3 Å². The molecule has 0 radical (unpaired) electrons. The molecule has 2 rings (SSSR count). The highest BCUT2D eigenvalue weighted by Gasteiger charge is 2.14. The standard InChI is InChI=1S/C21H28O2/c1-14-8-7-9-18(17(14)4)19-12-16(3)20(13-15(19)2)23-11-10-21(5,6)22/h7-9,12-13,22H,10-11H2,1-6H3. The summed E-state index contributed by atoms with van der Waals surface area (Å²) in [5.41, 5.74) is 6.83. The van der Waals surface area contributed by atoms with Crippen molar-refractivity contribution in [3.8, 4) is 16.9 Å². The van der Waals surface area contributed by atoms with Crippen molar-refractivity contribution in [1.82, 2.24) is 0 Å². The second-order valence-electron chi connectivity index (χ2n) is 7.09. The summed E-state index contributed by atoms with van der Waals surface area (Å²) in [5, 5.41) is 9.79. The maximum atomic E-state index is 9.79. The summed E-state index contributed by atoms with van der Waals surface area (Å²) in [6.45, 7) is 12.7. The van der Waals surface area contributed by atoms with Gasteiger partial charge in [0, 0.05) is 6.42 Å². The zero-order chi connectivity index (χ0) is 17.2. The third-order valence-electron chi connectivity index (χ3n) is 4.39. The summed E-state index contributed by atoms with van der Waals surface area (Å²) in [6, 6.07) is 10.8. The van der Waals surface area contributed by atoms with E-state index in [1.165, 1.54) is 27.8 Å². The van der Waals surface area contributed by atoms with E-state index < -0.39 is 5.60 Å². The topological polar surface area (TPSA) is 29.5 Å². The number of hydrogen-bond acceptors (Lipinski definition) is 2. The van der Waals surface area contributed by atoms with Gasteiger partial charge in [0.2, 0.25) is 0 Å². The van der Waals surface area contributed by atoms with Crippen molar-refractivity contribution in [3.05, 3.63) is 52.6 Å². The van der Waals surface area contributed by atoms with Crippen molar-refractivity contribution in [3.63, 3.8) is 0 Å². The molecule has 2 heteroatoms. The zero-order valence-corrected chi connectivity index (χ0v) is 15.2. The number of ether oxygens (including phenoxy) is 1. The first-order valence-electron chi connectivity index (χ1n) is 8.22. The predicted octanol–water partition coefficient (Wildman–Crippen LogP) is 5.13. The van der Waals surface area contributed by atoms with Crippen LogP contribution in [0.2, 0.25) is 0 Å². The van der Waals surface area contributed by atoms with E-state index in [2.05, 4.69) is 58.0 Å². The molecule has 124 valence electrons. The summed E-state index contributed by atoms with van der Waals surface area (Å²) in [5.74, 6) is 0.904. The SMILES string of the molecule is Cc1cc(-c2cccc(C)c2C)c(C)cc1OCCC(C)(C)O. The van der Waals surface area contributed by atoms with Crippen molar-refractivity contribution in [2.24, 2.45) is 0 Å². The van der Waals surface area contributed by atoms with Crippen LogP contribution in [0, 0.1) is 27.7 Å². The Morgan fingerprint density at radius 1 is 0.913 bits per heavy atom. The van der Waals surface area contributed by atoms with E-state index >= 15 is 0 Å². The molecule has 0 bridgehead atoms. The monoisotopic (exact) mass is 312 g/mol. The molecule has 0 aliphatic carbocycles. The Hall–Kier alpha value is -1.80. The lowest BCUT2D eigenvalue weighted by atomic mass is 9.92. The summed E-state index contributed by atoms with van der Waals surface area (Å²) >= 11 is 0. The highest BCUT2D eigenvalue weighted by atomic mass is 16.5. The van der Waals surface area contributed by atoms with Crippen molar-refractivity contribution in [2.75, 3.05) is 6.61 Å². The lowest BCUT2D eigenvalue weighted by Crippen LogP contribution is -2.21. The first kappa shape index (κ1) is 17.6. The second-order valence-corrected chi connectivity index (χ2v) is 7.09. The molecule has 0 heterocycles. The maximum absolute atomic E-state index is 9.79. The molecule has 2 aromatic rings. The Balaban J connectivity index is 2.29. The largest absolute Gasteiger partial charge is 0.493 e. The fourth-order valence-corrected chi connectivity index (χ4v) is 2.69. The van der Waals surface area contributed by atoms with E-state index in [1.54, 1.807) is 13.8 Å². The normalized spacial score (nSPS) is 11.6. The van der Waals surface area contributed by atoms with Gasteiger partial charge in [-0.05, 0) is 87.1 Å². The van der Waals surface area contributed by atoms with Gasteiger partial charge in [0.1, 0.15) is 5.75 Å². The number of benzene rings is 2. The molecule has 0 aliphatic rings. The van der Waals surface area contributed by atoms with E-state index in [-0.39, 0.29) is 0 Å². The average molecular weight is 312 g/mol. The molecule has 0 fully saturated rings. The zero-order valence-electron chi connectivity index (χ0n) is 15.2. The van der Waals surface area contributed by atoms with Gasteiger partial charge in [0.05, 0.1) is 12.2 Å². The Morgan fingerprint density at radius 2 is 1.61 bits per heavy atom.